The Morgan fingerprint density at radius 3 is 2.42 bits per heavy atom. The van der Waals surface area contributed by atoms with Crippen molar-refractivity contribution in [2.24, 2.45) is 0 Å². The van der Waals surface area contributed by atoms with E-state index < -0.39 is 0 Å². The first kappa shape index (κ1) is 19.4. The second-order valence-electron chi connectivity index (χ2n) is 7.49. The summed E-state index contributed by atoms with van der Waals surface area (Å²) in [6, 6.07) is 4.20. The first-order chi connectivity index (χ1) is 12.3. The maximum absolute atomic E-state index is 12.7. The van der Waals surface area contributed by atoms with Gasteiger partial charge in [-0.15, -0.1) is 0 Å². The van der Waals surface area contributed by atoms with Crippen molar-refractivity contribution in [3.05, 3.63) is 39.6 Å². The van der Waals surface area contributed by atoms with Gasteiger partial charge in [0.1, 0.15) is 0 Å². The van der Waals surface area contributed by atoms with E-state index in [-0.39, 0.29) is 18.1 Å². The molecular formula is C20H28BrN3O2. The molecule has 5 nitrogen and oxygen atoms in total. The molecule has 0 aromatic carbocycles. The van der Waals surface area contributed by atoms with Crippen LogP contribution >= 0.6 is 15.9 Å². The van der Waals surface area contributed by atoms with E-state index in [1.165, 1.54) is 0 Å². The van der Waals surface area contributed by atoms with Gasteiger partial charge < -0.3 is 14.0 Å². The lowest BCUT2D eigenvalue weighted by Crippen LogP contribution is -2.45. The molecule has 2 aromatic heterocycles. The van der Waals surface area contributed by atoms with Crippen molar-refractivity contribution in [3.8, 4) is 0 Å². The van der Waals surface area contributed by atoms with Gasteiger partial charge in [-0.25, -0.2) is 4.79 Å². The highest BCUT2D eigenvalue weighted by Crippen LogP contribution is 2.31. The molecule has 1 atom stereocenters. The minimum atomic E-state index is -0.246. The summed E-state index contributed by atoms with van der Waals surface area (Å²) in [4.78, 5) is 17.5. The minimum absolute atomic E-state index is 0.129. The summed E-state index contributed by atoms with van der Waals surface area (Å²) in [7, 11) is 2.16. The lowest BCUT2D eigenvalue weighted by molar-refractivity contribution is 0.0376. The van der Waals surface area contributed by atoms with Crippen molar-refractivity contribution in [2.75, 3.05) is 33.2 Å². The van der Waals surface area contributed by atoms with Crippen LogP contribution in [-0.4, -0.2) is 59.5 Å². The minimum Gasteiger partial charge on any atom is -0.459 e. The number of carbonyl (C=O) groups excluding carboxylic acids is 1. The van der Waals surface area contributed by atoms with Crippen LogP contribution in [0.15, 0.2) is 22.8 Å². The van der Waals surface area contributed by atoms with Crippen molar-refractivity contribution < 1.29 is 9.53 Å². The highest BCUT2D eigenvalue weighted by molar-refractivity contribution is 9.10. The van der Waals surface area contributed by atoms with Crippen LogP contribution in [-0.2, 0) is 4.74 Å². The Hall–Kier alpha value is -1.37. The fourth-order valence-electron chi connectivity index (χ4n) is 3.73. The number of hydrogen-bond acceptors (Lipinski definition) is 4. The number of hydrogen-bond donors (Lipinski definition) is 0. The van der Waals surface area contributed by atoms with Gasteiger partial charge >= 0.3 is 5.97 Å². The summed E-state index contributed by atoms with van der Waals surface area (Å²) >= 11 is 3.58. The maximum Gasteiger partial charge on any atom is 0.338 e. The summed E-state index contributed by atoms with van der Waals surface area (Å²) in [5.41, 5.74) is 3.83. The van der Waals surface area contributed by atoms with Crippen LogP contribution in [0, 0.1) is 6.92 Å². The van der Waals surface area contributed by atoms with Crippen LogP contribution in [0.25, 0.3) is 5.52 Å². The van der Waals surface area contributed by atoms with E-state index in [1.54, 1.807) is 0 Å². The molecule has 26 heavy (non-hydrogen) atoms. The van der Waals surface area contributed by atoms with Gasteiger partial charge in [-0.05, 0) is 68.4 Å². The number of halogens is 1. The van der Waals surface area contributed by atoms with Gasteiger partial charge in [0.25, 0.3) is 0 Å². The first-order valence-corrected chi connectivity index (χ1v) is 10.0. The third kappa shape index (κ3) is 3.82. The predicted molar refractivity (Wildman–Crippen MR) is 108 cm³/mol. The van der Waals surface area contributed by atoms with Gasteiger partial charge in [0.15, 0.2) is 0 Å². The average Bonchev–Trinajstić information content (AvgIpc) is 2.93. The largest absolute Gasteiger partial charge is 0.459 e. The second kappa shape index (κ2) is 7.71. The Balaban J connectivity index is 2.07. The molecular weight excluding hydrogens is 394 g/mol. The van der Waals surface area contributed by atoms with Gasteiger partial charge in [0, 0.05) is 54.1 Å². The third-order valence-corrected chi connectivity index (χ3v) is 5.63. The quantitative estimate of drug-likeness (QED) is 0.701. The van der Waals surface area contributed by atoms with Crippen molar-refractivity contribution in [2.45, 2.75) is 39.8 Å². The normalized spacial score (nSPS) is 17.8. The zero-order valence-corrected chi connectivity index (χ0v) is 17.8. The topological polar surface area (TPSA) is 37.2 Å². The number of piperazine rings is 1. The highest BCUT2D eigenvalue weighted by Gasteiger charge is 2.26. The predicted octanol–water partition coefficient (Wildman–Crippen LogP) is 3.88. The van der Waals surface area contributed by atoms with E-state index in [1.807, 2.05) is 32.9 Å². The molecule has 0 bridgehead atoms. The molecule has 0 radical (unpaired) electrons. The molecule has 1 unspecified atom stereocenters. The number of rotatable bonds is 4. The third-order valence-electron chi connectivity index (χ3n) is 5.20. The Labute approximate surface area is 164 Å². The van der Waals surface area contributed by atoms with Crippen LogP contribution in [0.5, 0.6) is 0 Å². The van der Waals surface area contributed by atoms with Gasteiger partial charge in [-0.2, -0.15) is 0 Å². The van der Waals surface area contributed by atoms with Crippen molar-refractivity contribution >= 4 is 27.4 Å². The Morgan fingerprint density at radius 2 is 1.81 bits per heavy atom. The molecule has 1 aliphatic heterocycles. The molecule has 3 rings (SSSR count). The summed E-state index contributed by atoms with van der Waals surface area (Å²) in [5.74, 6) is -0.246. The molecule has 0 amide bonds. The molecule has 3 heterocycles. The lowest BCUT2D eigenvalue weighted by atomic mass is 10.0. The van der Waals surface area contributed by atoms with Gasteiger partial charge in [0.05, 0.1) is 11.7 Å². The molecule has 142 valence electrons. The first-order valence-electron chi connectivity index (χ1n) is 9.22. The Bertz CT molecular complexity index is 807. The van der Waals surface area contributed by atoms with E-state index in [9.17, 15) is 4.79 Å². The van der Waals surface area contributed by atoms with Crippen LogP contribution in [0.4, 0.5) is 0 Å². The number of ether oxygens (including phenoxy) is 1. The van der Waals surface area contributed by atoms with E-state index in [2.05, 4.69) is 50.3 Å². The van der Waals surface area contributed by atoms with Crippen molar-refractivity contribution in [1.29, 1.82) is 0 Å². The molecule has 1 fully saturated rings. The van der Waals surface area contributed by atoms with E-state index >= 15 is 0 Å². The molecule has 2 aromatic rings. The van der Waals surface area contributed by atoms with Crippen LogP contribution in [0.1, 0.15) is 48.4 Å². The fraction of sp³-hybridized carbons (Fsp3) is 0.550. The number of pyridine rings is 1. The smallest absolute Gasteiger partial charge is 0.338 e. The average molecular weight is 422 g/mol. The molecule has 0 saturated carbocycles. The van der Waals surface area contributed by atoms with Gasteiger partial charge in [-0.3, -0.25) is 4.90 Å². The van der Waals surface area contributed by atoms with Crippen LogP contribution in [0.2, 0.25) is 0 Å². The molecule has 0 N–H and O–H groups in total. The van der Waals surface area contributed by atoms with E-state index in [0.717, 1.165) is 47.4 Å². The number of aromatic nitrogens is 1. The van der Waals surface area contributed by atoms with Crippen molar-refractivity contribution in [3.63, 3.8) is 0 Å². The van der Waals surface area contributed by atoms with Crippen molar-refractivity contribution in [1.82, 2.24) is 14.2 Å². The molecule has 6 heteroatoms. The highest BCUT2D eigenvalue weighted by atomic mass is 79.9. The zero-order valence-electron chi connectivity index (χ0n) is 16.3. The summed E-state index contributed by atoms with van der Waals surface area (Å²) in [6.45, 7) is 12.2. The monoisotopic (exact) mass is 421 g/mol. The number of esters is 1. The van der Waals surface area contributed by atoms with E-state index in [4.69, 9.17) is 4.74 Å². The molecule has 0 aliphatic carbocycles. The Kier molecular flexibility index (Phi) is 5.75. The summed E-state index contributed by atoms with van der Waals surface area (Å²) in [6.07, 6.45) is 1.96. The number of fused-ring (bicyclic) bond motifs is 1. The second-order valence-corrected chi connectivity index (χ2v) is 8.41. The van der Waals surface area contributed by atoms with Crippen LogP contribution < -0.4 is 0 Å². The fourth-order valence-corrected chi connectivity index (χ4v) is 4.17. The summed E-state index contributed by atoms with van der Waals surface area (Å²) < 4.78 is 8.70. The molecule has 1 saturated heterocycles. The molecule has 0 spiro atoms. The van der Waals surface area contributed by atoms with Gasteiger partial charge in [0.2, 0.25) is 0 Å². The number of likely N-dealkylation sites (N-methyl/N-ethyl adjacent to an activating group) is 1. The SMILES string of the molecule is Cc1c(C(=O)OC(C)C)cc2cc(Br)cn2c1C(C)N1CCN(C)CC1. The molecule has 1 aliphatic rings. The van der Waals surface area contributed by atoms with Gasteiger partial charge in [-0.1, -0.05) is 0 Å². The zero-order chi connectivity index (χ0) is 19.0. The van der Waals surface area contributed by atoms with E-state index in [0.29, 0.717) is 5.56 Å². The lowest BCUT2D eigenvalue weighted by Gasteiger charge is -2.37. The summed E-state index contributed by atoms with van der Waals surface area (Å²) in [5, 5.41) is 0. The standard InChI is InChI=1S/C20H28BrN3O2/c1-13(2)26-20(25)18-11-17-10-16(21)12-24(17)19(14(18)3)15(4)23-8-6-22(5)7-9-23/h10-13,15H,6-9H2,1-5H3. The number of carbonyl (C=O) groups is 1. The van der Waals surface area contributed by atoms with Crippen LogP contribution in [0.3, 0.4) is 0 Å². The Morgan fingerprint density at radius 1 is 1.15 bits per heavy atom. The maximum atomic E-state index is 12.7. The number of nitrogens with zero attached hydrogens (tertiary/aromatic N) is 3.